The third-order valence-electron chi connectivity index (χ3n) is 2.82. The van der Waals surface area contributed by atoms with Crippen molar-refractivity contribution in [3.63, 3.8) is 0 Å². The first-order valence-corrected chi connectivity index (χ1v) is 7.40. The van der Waals surface area contributed by atoms with Crippen LogP contribution in [-0.4, -0.2) is 20.2 Å². The summed E-state index contributed by atoms with van der Waals surface area (Å²) in [6, 6.07) is 9.24. The maximum absolute atomic E-state index is 11.6. The zero-order valence-electron chi connectivity index (χ0n) is 10.8. The molecule has 98 valence electrons. The molecule has 0 aromatic heterocycles. The Morgan fingerprint density at radius 1 is 1.22 bits per heavy atom. The van der Waals surface area contributed by atoms with Gasteiger partial charge in [0.05, 0.1) is 16.9 Å². The van der Waals surface area contributed by atoms with Gasteiger partial charge in [0.1, 0.15) is 0 Å². The molecule has 0 saturated carbocycles. The van der Waals surface area contributed by atoms with Crippen LogP contribution in [0.5, 0.6) is 0 Å². The largest absolute Gasteiger partial charge is 0.214 e. The standard InChI is InChI=1S/C13H18N2O2S/c1-10(2)18(16,17)15-9-11(3)13-6-4-12(8-14)5-7-13/h4-7,10-11,15H,9H2,1-3H3. The molecule has 0 aliphatic heterocycles. The molecule has 1 atom stereocenters. The molecule has 0 radical (unpaired) electrons. The Kier molecular flexibility index (Phi) is 4.88. The fourth-order valence-electron chi connectivity index (χ4n) is 1.41. The fraction of sp³-hybridized carbons (Fsp3) is 0.462. The lowest BCUT2D eigenvalue weighted by molar-refractivity contribution is 0.566. The van der Waals surface area contributed by atoms with Crippen molar-refractivity contribution in [1.82, 2.24) is 4.72 Å². The highest BCUT2D eigenvalue weighted by molar-refractivity contribution is 7.90. The normalized spacial score (nSPS) is 13.3. The van der Waals surface area contributed by atoms with E-state index in [4.69, 9.17) is 5.26 Å². The van der Waals surface area contributed by atoms with Crippen molar-refractivity contribution in [1.29, 1.82) is 5.26 Å². The summed E-state index contributed by atoms with van der Waals surface area (Å²) < 4.78 is 25.8. The van der Waals surface area contributed by atoms with E-state index in [2.05, 4.69) is 10.8 Å². The molecule has 0 amide bonds. The molecule has 1 aromatic rings. The quantitative estimate of drug-likeness (QED) is 0.886. The minimum atomic E-state index is -3.22. The average Bonchev–Trinajstić information content (AvgIpc) is 2.36. The second-order valence-corrected chi connectivity index (χ2v) is 6.90. The van der Waals surface area contributed by atoms with Crippen LogP contribution >= 0.6 is 0 Å². The topological polar surface area (TPSA) is 70.0 Å². The minimum Gasteiger partial charge on any atom is -0.214 e. The Hall–Kier alpha value is -1.38. The predicted octanol–water partition coefficient (Wildman–Crippen LogP) is 1.99. The summed E-state index contributed by atoms with van der Waals surface area (Å²) in [4.78, 5) is 0. The van der Waals surface area contributed by atoms with E-state index in [1.165, 1.54) is 0 Å². The summed E-state index contributed by atoms with van der Waals surface area (Å²) in [7, 11) is -3.22. The second kappa shape index (κ2) is 5.98. The number of hydrogen-bond acceptors (Lipinski definition) is 3. The Labute approximate surface area is 109 Å². The van der Waals surface area contributed by atoms with Crippen molar-refractivity contribution in [3.8, 4) is 6.07 Å². The van der Waals surface area contributed by atoms with Crippen LogP contribution in [0.2, 0.25) is 0 Å². The molecule has 1 N–H and O–H groups in total. The fourth-order valence-corrected chi connectivity index (χ4v) is 2.23. The summed E-state index contributed by atoms with van der Waals surface area (Å²) in [5.74, 6) is 0.0752. The maximum Gasteiger partial charge on any atom is 0.213 e. The van der Waals surface area contributed by atoms with Crippen LogP contribution in [0.3, 0.4) is 0 Å². The van der Waals surface area contributed by atoms with Gasteiger partial charge < -0.3 is 0 Å². The van der Waals surface area contributed by atoms with E-state index in [0.717, 1.165) is 5.56 Å². The lowest BCUT2D eigenvalue weighted by Gasteiger charge is -2.15. The van der Waals surface area contributed by atoms with Crippen LogP contribution in [0.25, 0.3) is 0 Å². The Bertz CT molecular complexity index is 527. The molecule has 4 nitrogen and oxygen atoms in total. The number of nitrogens with zero attached hydrogens (tertiary/aromatic N) is 1. The number of hydrogen-bond donors (Lipinski definition) is 1. The van der Waals surface area contributed by atoms with E-state index in [1.54, 1.807) is 26.0 Å². The van der Waals surface area contributed by atoms with E-state index < -0.39 is 15.3 Å². The SMILES string of the molecule is CC(CNS(=O)(=O)C(C)C)c1ccc(C#N)cc1. The number of rotatable bonds is 5. The van der Waals surface area contributed by atoms with Gasteiger partial charge in [0.25, 0.3) is 0 Å². The van der Waals surface area contributed by atoms with E-state index >= 15 is 0 Å². The van der Waals surface area contributed by atoms with Crippen LogP contribution in [0.15, 0.2) is 24.3 Å². The zero-order chi connectivity index (χ0) is 13.8. The molecule has 0 heterocycles. The summed E-state index contributed by atoms with van der Waals surface area (Å²) in [5.41, 5.74) is 1.62. The third kappa shape index (κ3) is 3.83. The maximum atomic E-state index is 11.6. The molecule has 0 aliphatic rings. The molecule has 1 rings (SSSR count). The first-order chi connectivity index (χ1) is 8.36. The van der Waals surface area contributed by atoms with Crippen LogP contribution in [0.1, 0.15) is 37.8 Å². The number of sulfonamides is 1. The van der Waals surface area contributed by atoms with Crippen molar-refractivity contribution in [2.75, 3.05) is 6.54 Å². The first-order valence-electron chi connectivity index (χ1n) is 5.85. The predicted molar refractivity (Wildman–Crippen MR) is 71.6 cm³/mol. The Balaban J connectivity index is 2.66. The molecule has 0 bridgehead atoms. The van der Waals surface area contributed by atoms with E-state index in [1.807, 2.05) is 19.1 Å². The van der Waals surface area contributed by atoms with E-state index in [-0.39, 0.29) is 5.92 Å². The molecule has 0 spiro atoms. The van der Waals surface area contributed by atoms with Gasteiger partial charge in [-0.15, -0.1) is 0 Å². The van der Waals surface area contributed by atoms with Crippen LogP contribution in [-0.2, 0) is 10.0 Å². The van der Waals surface area contributed by atoms with Crippen LogP contribution in [0, 0.1) is 11.3 Å². The molecule has 0 saturated heterocycles. The molecular weight excluding hydrogens is 248 g/mol. The summed E-state index contributed by atoms with van der Waals surface area (Å²) >= 11 is 0. The number of nitrogens with one attached hydrogen (secondary N) is 1. The lowest BCUT2D eigenvalue weighted by Crippen LogP contribution is -2.33. The van der Waals surface area contributed by atoms with Crippen molar-refractivity contribution in [2.24, 2.45) is 0 Å². The number of nitriles is 1. The highest BCUT2D eigenvalue weighted by Crippen LogP contribution is 2.15. The van der Waals surface area contributed by atoms with Gasteiger partial charge in [0.2, 0.25) is 10.0 Å². The Morgan fingerprint density at radius 2 is 1.78 bits per heavy atom. The van der Waals surface area contributed by atoms with E-state index in [0.29, 0.717) is 12.1 Å². The van der Waals surface area contributed by atoms with Crippen molar-refractivity contribution >= 4 is 10.0 Å². The lowest BCUT2D eigenvalue weighted by atomic mass is 10.0. The van der Waals surface area contributed by atoms with Gasteiger partial charge in [-0.3, -0.25) is 0 Å². The van der Waals surface area contributed by atoms with Gasteiger partial charge in [-0.1, -0.05) is 19.1 Å². The highest BCUT2D eigenvalue weighted by Gasteiger charge is 2.16. The smallest absolute Gasteiger partial charge is 0.213 e. The van der Waals surface area contributed by atoms with Gasteiger partial charge in [-0.2, -0.15) is 5.26 Å². The molecular formula is C13H18N2O2S. The summed E-state index contributed by atoms with van der Waals surface area (Å²) in [6.45, 7) is 5.61. The van der Waals surface area contributed by atoms with Gasteiger partial charge in [-0.05, 0) is 37.5 Å². The van der Waals surface area contributed by atoms with Crippen molar-refractivity contribution < 1.29 is 8.42 Å². The molecule has 1 unspecified atom stereocenters. The molecule has 1 aromatic carbocycles. The van der Waals surface area contributed by atoms with Crippen LogP contribution < -0.4 is 4.72 Å². The monoisotopic (exact) mass is 266 g/mol. The van der Waals surface area contributed by atoms with Gasteiger partial charge in [0, 0.05) is 6.54 Å². The van der Waals surface area contributed by atoms with E-state index in [9.17, 15) is 8.42 Å². The highest BCUT2D eigenvalue weighted by atomic mass is 32.2. The van der Waals surface area contributed by atoms with Crippen molar-refractivity contribution in [3.05, 3.63) is 35.4 Å². The first kappa shape index (κ1) is 14.7. The summed E-state index contributed by atoms with van der Waals surface area (Å²) in [5, 5.41) is 8.27. The van der Waals surface area contributed by atoms with Gasteiger partial charge in [0.15, 0.2) is 0 Å². The molecule has 0 aliphatic carbocycles. The van der Waals surface area contributed by atoms with Gasteiger partial charge in [-0.25, -0.2) is 13.1 Å². The van der Waals surface area contributed by atoms with Crippen molar-refractivity contribution in [2.45, 2.75) is 31.9 Å². The average molecular weight is 266 g/mol. The molecule has 0 fully saturated rings. The zero-order valence-corrected chi connectivity index (χ0v) is 11.7. The second-order valence-electron chi connectivity index (χ2n) is 4.58. The van der Waals surface area contributed by atoms with Gasteiger partial charge >= 0.3 is 0 Å². The summed E-state index contributed by atoms with van der Waals surface area (Å²) in [6.07, 6.45) is 0. The molecule has 18 heavy (non-hydrogen) atoms. The molecule has 5 heteroatoms. The van der Waals surface area contributed by atoms with Crippen LogP contribution in [0.4, 0.5) is 0 Å². The third-order valence-corrected chi connectivity index (χ3v) is 4.63. The number of benzene rings is 1. The Morgan fingerprint density at radius 3 is 2.22 bits per heavy atom. The minimum absolute atomic E-state index is 0.0752.